The van der Waals surface area contributed by atoms with Gasteiger partial charge in [0.05, 0.1) is 0 Å². The van der Waals surface area contributed by atoms with E-state index in [9.17, 15) is 9.59 Å². The highest BCUT2D eigenvalue weighted by molar-refractivity contribution is 5.96. The highest BCUT2D eigenvalue weighted by Crippen LogP contribution is 2.18. The number of benzene rings is 2. The van der Waals surface area contributed by atoms with Crippen molar-refractivity contribution in [3.63, 3.8) is 0 Å². The van der Waals surface area contributed by atoms with Crippen molar-refractivity contribution in [2.75, 3.05) is 32.2 Å². The van der Waals surface area contributed by atoms with Gasteiger partial charge in [0, 0.05) is 31.5 Å². The number of anilines is 1. The molecule has 0 bridgehead atoms. The van der Waals surface area contributed by atoms with Gasteiger partial charge in [-0.25, -0.2) is 0 Å². The third kappa shape index (κ3) is 7.04. The molecule has 0 fully saturated rings. The highest BCUT2D eigenvalue weighted by Gasteiger charge is 2.07. The highest BCUT2D eigenvalue weighted by atomic mass is 16.5. The molecule has 0 spiro atoms. The lowest BCUT2D eigenvalue weighted by molar-refractivity contribution is -0.118. The van der Waals surface area contributed by atoms with E-state index in [0.717, 1.165) is 6.42 Å². The molecule has 0 heterocycles. The number of hydrogen-bond donors (Lipinski definition) is 2. The predicted octanol–water partition coefficient (Wildman–Crippen LogP) is 3.59. The van der Waals surface area contributed by atoms with Gasteiger partial charge in [0.15, 0.2) is 6.61 Å². The van der Waals surface area contributed by atoms with Crippen LogP contribution in [0.3, 0.4) is 0 Å². The Kier molecular flexibility index (Phi) is 8.49. The number of nitrogens with one attached hydrogen (secondary N) is 2. The number of hydrogen-bond acceptors (Lipinski definition) is 4. The van der Waals surface area contributed by atoms with E-state index in [0.29, 0.717) is 36.1 Å². The van der Waals surface area contributed by atoms with Crippen molar-refractivity contribution < 1.29 is 19.1 Å². The van der Waals surface area contributed by atoms with Gasteiger partial charge >= 0.3 is 0 Å². The SMILES string of the molecule is COCCCNC(=O)c1ccc(NC(=O)COc2ccc(C(C)C)cc2)cc1. The molecule has 0 aliphatic carbocycles. The van der Waals surface area contributed by atoms with Gasteiger partial charge in [0.25, 0.3) is 11.8 Å². The standard InChI is InChI=1S/C22H28N2O4/c1-16(2)17-7-11-20(12-8-17)28-15-21(25)24-19-9-5-18(6-10-19)22(26)23-13-4-14-27-3/h5-12,16H,4,13-15H2,1-3H3,(H,23,26)(H,24,25). The van der Waals surface area contributed by atoms with Gasteiger partial charge in [-0.15, -0.1) is 0 Å². The van der Waals surface area contributed by atoms with E-state index >= 15 is 0 Å². The second kappa shape index (κ2) is 11.1. The van der Waals surface area contributed by atoms with Crippen LogP contribution in [0, 0.1) is 0 Å². The summed E-state index contributed by atoms with van der Waals surface area (Å²) in [5.41, 5.74) is 2.37. The molecule has 0 aromatic heterocycles. The third-order valence-corrected chi connectivity index (χ3v) is 4.16. The first-order valence-corrected chi connectivity index (χ1v) is 9.39. The smallest absolute Gasteiger partial charge is 0.262 e. The molecule has 0 saturated carbocycles. The molecule has 28 heavy (non-hydrogen) atoms. The summed E-state index contributed by atoms with van der Waals surface area (Å²) in [6.45, 7) is 5.33. The van der Waals surface area contributed by atoms with Gasteiger partial charge in [-0.1, -0.05) is 26.0 Å². The van der Waals surface area contributed by atoms with Crippen molar-refractivity contribution in [1.82, 2.24) is 5.32 Å². The Morgan fingerprint density at radius 2 is 1.68 bits per heavy atom. The maximum Gasteiger partial charge on any atom is 0.262 e. The lowest BCUT2D eigenvalue weighted by atomic mass is 10.0. The van der Waals surface area contributed by atoms with E-state index in [4.69, 9.17) is 9.47 Å². The molecule has 0 atom stereocenters. The molecule has 0 unspecified atom stereocenters. The second-order valence-corrected chi connectivity index (χ2v) is 6.74. The maximum atomic E-state index is 12.1. The predicted molar refractivity (Wildman–Crippen MR) is 110 cm³/mol. The van der Waals surface area contributed by atoms with E-state index in [-0.39, 0.29) is 18.4 Å². The molecule has 2 aromatic carbocycles. The van der Waals surface area contributed by atoms with Crippen LogP contribution in [-0.4, -0.2) is 38.7 Å². The van der Waals surface area contributed by atoms with Crippen LogP contribution in [0.15, 0.2) is 48.5 Å². The minimum Gasteiger partial charge on any atom is -0.484 e. The molecule has 0 saturated heterocycles. The van der Waals surface area contributed by atoms with E-state index in [1.807, 2.05) is 24.3 Å². The number of ether oxygens (including phenoxy) is 2. The van der Waals surface area contributed by atoms with Crippen LogP contribution in [0.4, 0.5) is 5.69 Å². The van der Waals surface area contributed by atoms with Crippen LogP contribution in [0.25, 0.3) is 0 Å². The van der Waals surface area contributed by atoms with Crippen molar-refractivity contribution in [2.45, 2.75) is 26.2 Å². The van der Waals surface area contributed by atoms with Gasteiger partial charge in [-0.3, -0.25) is 9.59 Å². The minimum atomic E-state index is -0.260. The largest absolute Gasteiger partial charge is 0.484 e. The molecule has 2 aromatic rings. The second-order valence-electron chi connectivity index (χ2n) is 6.74. The fourth-order valence-corrected chi connectivity index (χ4v) is 2.52. The number of rotatable bonds is 10. The Hall–Kier alpha value is -2.86. The number of methoxy groups -OCH3 is 1. The lowest BCUT2D eigenvalue weighted by Gasteiger charge is -2.10. The van der Waals surface area contributed by atoms with E-state index < -0.39 is 0 Å². The van der Waals surface area contributed by atoms with Crippen LogP contribution in [0.2, 0.25) is 0 Å². The Morgan fingerprint density at radius 3 is 2.29 bits per heavy atom. The van der Waals surface area contributed by atoms with Gasteiger partial charge in [-0.05, 0) is 54.3 Å². The number of amides is 2. The average Bonchev–Trinajstić information content (AvgIpc) is 2.70. The molecule has 6 heteroatoms. The van der Waals surface area contributed by atoms with E-state index in [1.165, 1.54) is 5.56 Å². The zero-order chi connectivity index (χ0) is 20.4. The lowest BCUT2D eigenvalue weighted by Crippen LogP contribution is -2.25. The quantitative estimate of drug-likeness (QED) is 0.614. The molecule has 0 aliphatic rings. The Bertz CT molecular complexity index is 755. The first-order valence-electron chi connectivity index (χ1n) is 9.39. The fraction of sp³-hybridized carbons (Fsp3) is 0.364. The van der Waals surface area contributed by atoms with Crippen LogP contribution in [0.5, 0.6) is 5.75 Å². The van der Waals surface area contributed by atoms with Crippen molar-refractivity contribution in [3.8, 4) is 5.75 Å². The summed E-state index contributed by atoms with van der Waals surface area (Å²) in [6, 6.07) is 14.5. The van der Waals surface area contributed by atoms with Crippen molar-refractivity contribution in [1.29, 1.82) is 0 Å². The Morgan fingerprint density at radius 1 is 1.00 bits per heavy atom. The molecule has 2 rings (SSSR count). The van der Waals surface area contributed by atoms with Crippen LogP contribution >= 0.6 is 0 Å². The normalized spacial score (nSPS) is 10.6. The molecule has 150 valence electrons. The zero-order valence-electron chi connectivity index (χ0n) is 16.7. The average molecular weight is 384 g/mol. The number of carbonyl (C=O) groups excluding carboxylic acids is 2. The maximum absolute atomic E-state index is 12.1. The summed E-state index contributed by atoms with van der Waals surface area (Å²) in [5, 5.41) is 5.57. The molecule has 2 N–H and O–H groups in total. The molecule has 0 aliphatic heterocycles. The van der Waals surface area contributed by atoms with Crippen LogP contribution < -0.4 is 15.4 Å². The molecular weight excluding hydrogens is 356 g/mol. The van der Waals surface area contributed by atoms with Crippen LogP contribution in [-0.2, 0) is 9.53 Å². The summed E-state index contributed by atoms with van der Waals surface area (Å²) in [4.78, 5) is 24.1. The molecule has 6 nitrogen and oxygen atoms in total. The van der Waals surface area contributed by atoms with Crippen molar-refractivity contribution in [2.24, 2.45) is 0 Å². The van der Waals surface area contributed by atoms with E-state index in [1.54, 1.807) is 31.4 Å². The molecule has 0 radical (unpaired) electrons. The summed E-state index contributed by atoms with van der Waals surface area (Å²) in [6.07, 6.45) is 0.760. The first-order chi connectivity index (χ1) is 13.5. The van der Waals surface area contributed by atoms with Gasteiger partial charge in [0.1, 0.15) is 5.75 Å². The third-order valence-electron chi connectivity index (χ3n) is 4.16. The fourth-order valence-electron chi connectivity index (χ4n) is 2.52. The summed E-state index contributed by atoms with van der Waals surface area (Å²) in [7, 11) is 1.63. The number of carbonyl (C=O) groups is 2. The molecule has 2 amide bonds. The molecular formula is C22H28N2O4. The van der Waals surface area contributed by atoms with Crippen molar-refractivity contribution >= 4 is 17.5 Å². The van der Waals surface area contributed by atoms with Crippen LogP contribution in [0.1, 0.15) is 42.1 Å². The van der Waals surface area contributed by atoms with Crippen molar-refractivity contribution in [3.05, 3.63) is 59.7 Å². The monoisotopic (exact) mass is 384 g/mol. The van der Waals surface area contributed by atoms with Gasteiger partial charge < -0.3 is 20.1 Å². The van der Waals surface area contributed by atoms with E-state index in [2.05, 4.69) is 24.5 Å². The first kappa shape index (κ1) is 21.4. The van der Waals surface area contributed by atoms with Gasteiger partial charge in [-0.2, -0.15) is 0 Å². The zero-order valence-corrected chi connectivity index (χ0v) is 16.7. The summed E-state index contributed by atoms with van der Waals surface area (Å²) in [5.74, 6) is 0.694. The summed E-state index contributed by atoms with van der Waals surface area (Å²) < 4.78 is 10.5. The Labute approximate surface area is 166 Å². The topological polar surface area (TPSA) is 76.7 Å². The minimum absolute atomic E-state index is 0.0806. The van der Waals surface area contributed by atoms with Gasteiger partial charge in [0.2, 0.25) is 0 Å². The Balaban J connectivity index is 1.78. The summed E-state index contributed by atoms with van der Waals surface area (Å²) >= 11 is 0.